The van der Waals surface area contributed by atoms with Crippen molar-refractivity contribution in [2.45, 2.75) is 111 Å². The summed E-state index contributed by atoms with van der Waals surface area (Å²) in [5, 5.41) is 20.3. The van der Waals surface area contributed by atoms with Crippen LogP contribution in [0.2, 0.25) is 0 Å². The number of rotatable bonds is 10. The standard InChI is InChI=1S/C82H76N4/c1-79(2,3)63-31-17-55(18-32-63)61-29-47-75(71(49-61)57-21-35-65(36-22-57)81(7,8)9)85(67-39-13-53(51-83)14-40-67)73-45-27-59-26-44-70-74(46-28-60-25-43-69(73)77(59)78(60)70)86(68-41-15-54(52-84)16-42-68)76-48-30-62(56-19-33-64(34-20-56)80(4,5)6)50-72(76)58-23-37-66(38-24-58)82(10,11)12/h13-50,73,78H,1-12H3. The fraction of sp³-hybridized carbons (Fsp3) is 0.220. The minimum Gasteiger partial charge on any atom is -0.330 e. The Morgan fingerprint density at radius 1 is 0.384 bits per heavy atom. The summed E-state index contributed by atoms with van der Waals surface area (Å²) in [7, 11) is 0. The van der Waals surface area contributed by atoms with E-state index in [2.05, 4.69) is 311 Å². The summed E-state index contributed by atoms with van der Waals surface area (Å²) < 4.78 is 0. The van der Waals surface area contributed by atoms with Crippen molar-refractivity contribution < 1.29 is 0 Å². The summed E-state index contributed by atoms with van der Waals surface area (Å²) in [5.41, 5.74) is 26.8. The van der Waals surface area contributed by atoms with Crippen LogP contribution in [0.4, 0.5) is 22.7 Å². The largest absolute Gasteiger partial charge is 0.330 e. The quantitative estimate of drug-likeness (QED) is 0.137. The van der Waals surface area contributed by atoms with Gasteiger partial charge in [-0.05, 0) is 184 Å². The van der Waals surface area contributed by atoms with Crippen molar-refractivity contribution >= 4 is 22.7 Å². The second-order valence-electron chi connectivity index (χ2n) is 27.7. The van der Waals surface area contributed by atoms with E-state index in [0.717, 1.165) is 67.4 Å². The smallest absolute Gasteiger partial charge is 0.0991 e. The Labute approximate surface area is 511 Å². The summed E-state index contributed by atoms with van der Waals surface area (Å²) in [5.74, 6) is -0.0795. The molecule has 2 atom stereocenters. The number of anilines is 4. The second-order valence-corrected chi connectivity index (χ2v) is 27.7. The van der Waals surface area contributed by atoms with Gasteiger partial charge in [0.15, 0.2) is 0 Å². The number of benzene rings is 8. The normalized spacial score (nSPS) is 16.3. The average molecular weight is 1120 g/mol. The van der Waals surface area contributed by atoms with Crippen LogP contribution in [-0.4, -0.2) is 6.04 Å². The molecule has 0 heterocycles. The monoisotopic (exact) mass is 1120 g/mol. The molecule has 4 nitrogen and oxygen atoms in total. The van der Waals surface area contributed by atoms with Crippen molar-refractivity contribution in [2.24, 2.45) is 5.92 Å². The number of allylic oxidation sites excluding steroid dienone is 10. The van der Waals surface area contributed by atoms with Crippen LogP contribution in [0.25, 0.3) is 44.5 Å². The molecule has 2 unspecified atom stereocenters. The highest BCUT2D eigenvalue weighted by molar-refractivity contribution is 5.91. The van der Waals surface area contributed by atoms with Gasteiger partial charge in [0.1, 0.15) is 0 Å². The van der Waals surface area contributed by atoms with E-state index >= 15 is 0 Å². The van der Waals surface area contributed by atoms with E-state index in [1.807, 2.05) is 24.3 Å². The van der Waals surface area contributed by atoms with Gasteiger partial charge in [0.05, 0.1) is 40.7 Å². The topological polar surface area (TPSA) is 54.1 Å². The van der Waals surface area contributed by atoms with Crippen LogP contribution in [0.5, 0.6) is 0 Å². The summed E-state index contributed by atoms with van der Waals surface area (Å²) in [6.45, 7) is 27.2. The van der Waals surface area contributed by atoms with Crippen molar-refractivity contribution in [1.29, 1.82) is 10.5 Å². The zero-order valence-corrected chi connectivity index (χ0v) is 51.9. The van der Waals surface area contributed by atoms with E-state index in [9.17, 15) is 10.5 Å². The van der Waals surface area contributed by atoms with E-state index in [1.165, 1.54) is 55.7 Å². The summed E-state index contributed by atoms with van der Waals surface area (Å²) in [4.78, 5) is 4.91. The third-order valence-corrected chi connectivity index (χ3v) is 17.8. The first-order chi connectivity index (χ1) is 41.0. The average Bonchev–Trinajstić information content (AvgIpc) is 0.764. The zero-order valence-electron chi connectivity index (χ0n) is 51.9. The second kappa shape index (κ2) is 21.9. The molecule has 0 aliphatic heterocycles. The zero-order chi connectivity index (χ0) is 60.5. The molecule has 86 heavy (non-hydrogen) atoms. The van der Waals surface area contributed by atoms with Crippen molar-refractivity contribution in [3.63, 3.8) is 0 Å². The van der Waals surface area contributed by atoms with Crippen LogP contribution in [0.3, 0.4) is 0 Å². The van der Waals surface area contributed by atoms with Crippen molar-refractivity contribution in [3.05, 3.63) is 298 Å². The van der Waals surface area contributed by atoms with E-state index < -0.39 is 0 Å². The molecule has 0 bridgehead atoms. The van der Waals surface area contributed by atoms with Gasteiger partial charge in [-0.2, -0.15) is 10.5 Å². The molecule has 0 aromatic heterocycles. The molecule has 0 spiro atoms. The first kappa shape index (κ1) is 57.0. The molecule has 4 aliphatic carbocycles. The predicted octanol–water partition coefficient (Wildman–Crippen LogP) is 21.4. The molecular formula is C82H76N4. The molecule has 0 radical (unpaired) electrons. The molecular weight excluding hydrogens is 1040 g/mol. The molecule has 0 N–H and O–H groups in total. The molecule has 4 aliphatic rings. The third kappa shape index (κ3) is 10.9. The fourth-order valence-corrected chi connectivity index (χ4v) is 12.7. The highest BCUT2D eigenvalue weighted by Gasteiger charge is 2.41. The van der Waals surface area contributed by atoms with Crippen LogP contribution in [0.15, 0.2) is 264 Å². The molecule has 8 aromatic rings. The van der Waals surface area contributed by atoms with Crippen LogP contribution in [0, 0.1) is 28.6 Å². The molecule has 424 valence electrons. The number of hydrogen-bond acceptors (Lipinski definition) is 4. The maximum Gasteiger partial charge on any atom is 0.0991 e. The van der Waals surface area contributed by atoms with Gasteiger partial charge in [0.25, 0.3) is 0 Å². The van der Waals surface area contributed by atoms with Gasteiger partial charge in [-0.15, -0.1) is 0 Å². The van der Waals surface area contributed by atoms with Gasteiger partial charge in [-0.1, -0.05) is 235 Å². The van der Waals surface area contributed by atoms with Crippen molar-refractivity contribution in [1.82, 2.24) is 0 Å². The van der Waals surface area contributed by atoms with E-state index in [0.29, 0.717) is 11.1 Å². The van der Waals surface area contributed by atoms with Gasteiger partial charge in [0.2, 0.25) is 0 Å². The van der Waals surface area contributed by atoms with Crippen LogP contribution < -0.4 is 9.80 Å². The van der Waals surface area contributed by atoms with E-state index in [4.69, 9.17) is 0 Å². The summed E-state index contributed by atoms with van der Waals surface area (Å²) in [6, 6.07) is 71.0. The van der Waals surface area contributed by atoms with Gasteiger partial charge in [-0.3, -0.25) is 0 Å². The highest BCUT2D eigenvalue weighted by Crippen LogP contribution is 2.53. The lowest BCUT2D eigenvalue weighted by Gasteiger charge is -2.44. The van der Waals surface area contributed by atoms with Gasteiger partial charge in [-0.25, -0.2) is 0 Å². The molecule has 0 amide bonds. The fourth-order valence-electron chi connectivity index (χ4n) is 12.7. The summed E-state index contributed by atoms with van der Waals surface area (Å²) >= 11 is 0. The highest BCUT2D eigenvalue weighted by atomic mass is 15.2. The number of hydrogen-bond donors (Lipinski definition) is 0. The predicted molar refractivity (Wildman–Crippen MR) is 361 cm³/mol. The molecule has 0 saturated carbocycles. The Morgan fingerprint density at radius 2 is 0.802 bits per heavy atom. The Morgan fingerprint density at radius 3 is 1.26 bits per heavy atom. The Balaban J connectivity index is 1.02. The van der Waals surface area contributed by atoms with Crippen molar-refractivity contribution in [3.8, 4) is 56.6 Å². The SMILES string of the molecule is CC(C)(C)c1ccc(-c2ccc(N(C3=C4C=CC5=C6C(=CC=C(C=C3)C46)C(N(c3ccc(C#N)cc3)c3ccc(-c4ccc(C(C)(C)C)cc4)cc3-c3ccc(C(C)(C)C)cc3)C=C5)c3ccc(C#N)cc3)c(-c3ccc(C(C)(C)C)cc3)c2)cc1. The minimum atomic E-state index is -0.228. The lowest BCUT2D eigenvalue weighted by molar-refractivity contribution is 0.590. The Kier molecular flexibility index (Phi) is 14.5. The summed E-state index contributed by atoms with van der Waals surface area (Å²) in [6.07, 6.45) is 18.6. The van der Waals surface area contributed by atoms with E-state index in [1.54, 1.807) is 0 Å². The van der Waals surface area contributed by atoms with Crippen LogP contribution >= 0.6 is 0 Å². The first-order valence-corrected chi connectivity index (χ1v) is 30.3. The molecule has 4 heteroatoms. The lowest BCUT2D eigenvalue weighted by atomic mass is 9.67. The van der Waals surface area contributed by atoms with E-state index in [-0.39, 0.29) is 33.6 Å². The molecule has 8 aromatic carbocycles. The van der Waals surface area contributed by atoms with Gasteiger partial charge >= 0.3 is 0 Å². The third-order valence-electron chi connectivity index (χ3n) is 17.8. The Hall–Kier alpha value is -9.48. The van der Waals surface area contributed by atoms with Crippen LogP contribution in [-0.2, 0) is 21.7 Å². The van der Waals surface area contributed by atoms with Crippen molar-refractivity contribution in [2.75, 3.05) is 9.80 Å². The van der Waals surface area contributed by atoms with Crippen LogP contribution in [0.1, 0.15) is 116 Å². The lowest BCUT2D eigenvalue weighted by Crippen LogP contribution is -2.37. The minimum absolute atomic E-state index is 0.00962. The molecule has 0 fully saturated rings. The first-order valence-electron chi connectivity index (χ1n) is 30.3. The Bertz CT molecular complexity index is 4260. The van der Waals surface area contributed by atoms with Gasteiger partial charge < -0.3 is 9.80 Å². The maximum absolute atomic E-state index is 10.1. The number of nitriles is 2. The molecule has 0 saturated heterocycles. The van der Waals surface area contributed by atoms with Gasteiger partial charge in [0, 0.05) is 34.1 Å². The number of nitrogens with zero attached hydrogens (tertiary/aromatic N) is 4. The molecule has 12 rings (SSSR count). The maximum atomic E-state index is 10.1.